The third-order valence-electron chi connectivity index (χ3n) is 7.35. The summed E-state index contributed by atoms with van der Waals surface area (Å²) in [5, 5.41) is 6.55. The van der Waals surface area contributed by atoms with Gasteiger partial charge in [-0.15, -0.1) is 0 Å². The molecule has 0 spiro atoms. The van der Waals surface area contributed by atoms with Crippen LogP contribution in [0.1, 0.15) is 65.7 Å². The van der Waals surface area contributed by atoms with Crippen LogP contribution < -0.4 is 10.6 Å². The van der Waals surface area contributed by atoms with Crippen molar-refractivity contribution in [2.75, 3.05) is 25.0 Å². The van der Waals surface area contributed by atoms with Gasteiger partial charge < -0.3 is 20.4 Å². The second-order valence-corrected chi connectivity index (χ2v) is 10.3. The van der Waals surface area contributed by atoms with E-state index in [2.05, 4.69) is 10.6 Å². The summed E-state index contributed by atoms with van der Waals surface area (Å²) in [5.74, 6) is 0.619. The molecule has 1 saturated heterocycles. The van der Waals surface area contributed by atoms with Crippen LogP contribution in [0.2, 0.25) is 5.02 Å². The Morgan fingerprint density at radius 2 is 1.79 bits per heavy atom. The number of halogens is 1. The number of nitrogens with zero attached hydrogens (tertiary/aromatic N) is 2. The van der Waals surface area contributed by atoms with E-state index in [9.17, 15) is 14.4 Å². The molecule has 0 bridgehead atoms. The average Bonchev–Trinajstić information content (AvgIpc) is 3.35. The maximum atomic E-state index is 13.4. The number of amides is 4. The molecule has 4 amide bonds. The highest BCUT2D eigenvalue weighted by Crippen LogP contribution is 2.28. The molecule has 0 radical (unpaired) electrons. The van der Waals surface area contributed by atoms with E-state index in [0.717, 1.165) is 12.8 Å². The van der Waals surface area contributed by atoms with Gasteiger partial charge in [0.05, 0.1) is 0 Å². The van der Waals surface area contributed by atoms with Gasteiger partial charge in [-0.2, -0.15) is 0 Å². The van der Waals surface area contributed by atoms with E-state index in [1.54, 1.807) is 34.1 Å². The smallest absolute Gasteiger partial charge is 0.322 e. The number of hydrogen-bond donors (Lipinski definition) is 2. The number of nitrogens with one attached hydrogen (secondary N) is 2. The number of rotatable bonds is 8. The highest BCUT2D eigenvalue weighted by Gasteiger charge is 2.35. The molecular formula is C26H39ClN4O3. The molecule has 2 aliphatic rings. The molecule has 1 heterocycles. The quantitative estimate of drug-likeness (QED) is 0.543. The van der Waals surface area contributed by atoms with Gasteiger partial charge in [0.2, 0.25) is 11.8 Å². The van der Waals surface area contributed by atoms with Crippen molar-refractivity contribution in [1.29, 1.82) is 0 Å². The van der Waals surface area contributed by atoms with Crippen LogP contribution in [0, 0.1) is 11.8 Å². The Labute approximate surface area is 208 Å². The number of benzene rings is 1. The molecule has 8 heteroatoms. The first-order valence-corrected chi connectivity index (χ1v) is 13.1. The van der Waals surface area contributed by atoms with Crippen molar-refractivity contribution in [3.63, 3.8) is 0 Å². The van der Waals surface area contributed by atoms with Crippen LogP contribution in [0.4, 0.5) is 10.5 Å². The van der Waals surface area contributed by atoms with Gasteiger partial charge in [0, 0.05) is 42.8 Å². The predicted molar refractivity (Wildman–Crippen MR) is 136 cm³/mol. The van der Waals surface area contributed by atoms with Crippen molar-refractivity contribution in [1.82, 2.24) is 15.1 Å². The van der Waals surface area contributed by atoms with E-state index in [1.165, 1.54) is 25.7 Å². The SMILES string of the molecule is CCC(C)C(NC(=O)CCC1CCCC1)C(=O)N1CCN(C(=O)Nc2ccc(Cl)cc2)C(C)C1. The predicted octanol–water partition coefficient (Wildman–Crippen LogP) is 4.91. The number of urea groups is 1. The van der Waals surface area contributed by atoms with Gasteiger partial charge in [-0.05, 0) is 49.4 Å². The molecule has 3 atom stereocenters. The van der Waals surface area contributed by atoms with E-state index < -0.39 is 6.04 Å². The first kappa shape index (κ1) is 26.3. The highest BCUT2D eigenvalue weighted by molar-refractivity contribution is 6.30. The summed E-state index contributed by atoms with van der Waals surface area (Å²) in [6.07, 6.45) is 7.16. The fourth-order valence-electron chi connectivity index (χ4n) is 4.95. The average molecular weight is 491 g/mol. The largest absolute Gasteiger partial charge is 0.344 e. The van der Waals surface area contributed by atoms with Gasteiger partial charge >= 0.3 is 6.03 Å². The Hall–Kier alpha value is -2.28. The molecule has 1 aromatic carbocycles. The van der Waals surface area contributed by atoms with Gasteiger partial charge in [-0.3, -0.25) is 9.59 Å². The first-order valence-electron chi connectivity index (χ1n) is 12.7. The molecule has 1 saturated carbocycles. The molecule has 1 aromatic rings. The minimum atomic E-state index is -0.525. The monoisotopic (exact) mass is 490 g/mol. The number of piperazine rings is 1. The summed E-state index contributed by atoms with van der Waals surface area (Å²) in [4.78, 5) is 42.4. The molecular weight excluding hydrogens is 452 g/mol. The Morgan fingerprint density at radius 1 is 1.12 bits per heavy atom. The van der Waals surface area contributed by atoms with E-state index in [1.807, 2.05) is 20.8 Å². The Bertz CT molecular complexity index is 841. The van der Waals surface area contributed by atoms with Crippen molar-refractivity contribution in [2.45, 2.75) is 77.8 Å². The lowest BCUT2D eigenvalue weighted by molar-refractivity contribution is -0.140. The van der Waals surface area contributed by atoms with Gasteiger partial charge in [0.1, 0.15) is 6.04 Å². The van der Waals surface area contributed by atoms with Gasteiger partial charge in [0.15, 0.2) is 0 Å². The summed E-state index contributed by atoms with van der Waals surface area (Å²) >= 11 is 5.92. The topological polar surface area (TPSA) is 81.8 Å². The third-order valence-corrected chi connectivity index (χ3v) is 7.60. The molecule has 2 fully saturated rings. The minimum absolute atomic E-state index is 0.0282. The van der Waals surface area contributed by atoms with Crippen molar-refractivity contribution in [2.24, 2.45) is 11.8 Å². The zero-order valence-electron chi connectivity index (χ0n) is 20.7. The van der Waals surface area contributed by atoms with Crippen LogP contribution in [0.3, 0.4) is 0 Å². The minimum Gasteiger partial charge on any atom is -0.344 e. The summed E-state index contributed by atoms with van der Waals surface area (Å²) in [6, 6.07) is 6.12. The standard InChI is InChI=1S/C26H39ClN4O3/c1-4-18(2)24(29-23(32)14-9-20-7-5-6-8-20)25(33)30-15-16-31(19(3)17-30)26(34)28-22-12-10-21(27)11-13-22/h10-13,18-20,24H,4-9,14-17H2,1-3H3,(H,28,34)(H,29,32). The molecule has 3 rings (SSSR count). The molecule has 3 unspecified atom stereocenters. The lowest BCUT2D eigenvalue weighted by Crippen LogP contribution is -2.60. The highest BCUT2D eigenvalue weighted by atomic mass is 35.5. The van der Waals surface area contributed by atoms with Gasteiger partial charge in [-0.25, -0.2) is 4.79 Å². The van der Waals surface area contributed by atoms with Crippen LogP contribution in [0.25, 0.3) is 0 Å². The second-order valence-electron chi connectivity index (χ2n) is 9.88. The molecule has 0 aromatic heterocycles. The molecule has 7 nitrogen and oxygen atoms in total. The zero-order valence-corrected chi connectivity index (χ0v) is 21.4. The van der Waals surface area contributed by atoms with Crippen LogP contribution in [0.15, 0.2) is 24.3 Å². The number of hydrogen-bond acceptors (Lipinski definition) is 3. The van der Waals surface area contributed by atoms with Crippen molar-refractivity contribution in [3.05, 3.63) is 29.3 Å². The summed E-state index contributed by atoms with van der Waals surface area (Å²) < 4.78 is 0. The van der Waals surface area contributed by atoms with E-state index in [-0.39, 0.29) is 29.8 Å². The molecule has 1 aliphatic heterocycles. The maximum absolute atomic E-state index is 13.4. The Balaban J connectivity index is 1.54. The normalized spacial score (nSPS) is 20.6. The van der Waals surface area contributed by atoms with E-state index >= 15 is 0 Å². The molecule has 1 aliphatic carbocycles. The number of carbonyl (C=O) groups is 3. The lowest BCUT2D eigenvalue weighted by atomic mass is 9.96. The Kier molecular flexibility index (Phi) is 9.63. The van der Waals surface area contributed by atoms with Crippen molar-refractivity contribution in [3.8, 4) is 0 Å². The molecule has 188 valence electrons. The number of carbonyl (C=O) groups excluding carboxylic acids is 3. The van der Waals surface area contributed by atoms with Gasteiger partial charge in [0.25, 0.3) is 0 Å². The van der Waals surface area contributed by atoms with Crippen molar-refractivity contribution >= 4 is 35.1 Å². The van der Waals surface area contributed by atoms with Crippen LogP contribution in [-0.2, 0) is 9.59 Å². The van der Waals surface area contributed by atoms with Crippen LogP contribution >= 0.6 is 11.6 Å². The van der Waals surface area contributed by atoms with Crippen molar-refractivity contribution < 1.29 is 14.4 Å². The van der Waals surface area contributed by atoms with Crippen LogP contribution in [-0.4, -0.2) is 59.4 Å². The summed E-state index contributed by atoms with van der Waals surface area (Å²) in [6.45, 7) is 7.32. The second kappa shape index (κ2) is 12.4. The molecule has 2 N–H and O–H groups in total. The van der Waals surface area contributed by atoms with E-state index in [4.69, 9.17) is 11.6 Å². The first-order chi connectivity index (χ1) is 16.3. The van der Waals surface area contributed by atoms with Gasteiger partial charge in [-0.1, -0.05) is 57.6 Å². The zero-order chi connectivity index (χ0) is 24.7. The fraction of sp³-hybridized carbons (Fsp3) is 0.654. The third kappa shape index (κ3) is 7.11. The molecule has 34 heavy (non-hydrogen) atoms. The summed E-state index contributed by atoms with van der Waals surface area (Å²) in [5.41, 5.74) is 0.678. The fourth-order valence-corrected chi connectivity index (χ4v) is 5.07. The summed E-state index contributed by atoms with van der Waals surface area (Å²) in [7, 11) is 0. The Morgan fingerprint density at radius 3 is 2.41 bits per heavy atom. The number of anilines is 1. The maximum Gasteiger partial charge on any atom is 0.322 e. The van der Waals surface area contributed by atoms with Crippen LogP contribution in [0.5, 0.6) is 0 Å². The van der Waals surface area contributed by atoms with E-state index in [0.29, 0.717) is 42.7 Å². The lowest BCUT2D eigenvalue weighted by Gasteiger charge is -2.41.